The molecule has 1 aromatic carbocycles. The van der Waals surface area contributed by atoms with Crippen LogP contribution in [-0.2, 0) is 10.0 Å². The van der Waals surface area contributed by atoms with Gasteiger partial charge in [-0.05, 0) is 50.4 Å². The van der Waals surface area contributed by atoms with E-state index in [4.69, 9.17) is 0 Å². The second-order valence-electron chi connectivity index (χ2n) is 7.34. The highest BCUT2D eigenvalue weighted by molar-refractivity contribution is 7.91. The zero-order valence-corrected chi connectivity index (χ0v) is 16.0. The van der Waals surface area contributed by atoms with Crippen LogP contribution in [0, 0.1) is 5.41 Å². The van der Waals surface area contributed by atoms with E-state index in [9.17, 15) is 13.5 Å². The second-order valence-corrected chi connectivity index (χ2v) is 10.6. The van der Waals surface area contributed by atoms with E-state index in [2.05, 4.69) is 4.90 Å². The molecule has 2 aliphatic rings. The molecule has 2 atom stereocenters. The number of piperidine rings is 2. The van der Waals surface area contributed by atoms with Gasteiger partial charge in [0.2, 0.25) is 0 Å². The molecule has 5 nitrogen and oxygen atoms in total. The summed E-state index contributed by atoms with van der Waals surface area (Å²) in [6.45, 7) is 2.05. The third kappa shape index (κ3) is 2.82. The molecule has 1 aromatic heterocycles. The van der Waals surface area contributed by atoms with Crippen molar-refractivity contribution in [1.29, 1.82) is 0 Å². The average Bonchev–Trinajstić information content (AvgIpc) is 3.06. The van der Waals surface area contributed by atoms with Gasteiger partial charge in [0.05, 0.1) is 6.61 Å². The summed E-state index contributed by atoms with van der Waals surface area (Å²) in [4.78, 5) is 2.23. The lowest BCUT2D eigenvalue weighted by molar-refractivity contribution is -0.0508. The Bertz CT molecular complexity index is 846. The van der Waals surface area contributed by atoms with Crippen molar-refractivity contribution in [3.63, 3.8) is 0 Å². The second kappa shape index (κ2) is 6.32. The van der Waals surface area contributed by atoms with E-state index in [1.165, 1.54) is 11.3 Å². The summed E-state index contributed by atoms with van der Waals surface area (Å²) in [7, 11) is -1.44. The van der Waals surface area contributed by atoms with E-state index >= 15 is 0 Å². The van der Waals surface area contributed by atoms with Crippen molar-refractivity contribution in [3.05, 3.63) is 30.3 Å². The SMILES string of the molecule is CN1CCC[C@]2(CO)CCN(S(=O)(=O)c3cc4ccccc4s3)C[C@@H]12. The van der Waals surface area contributed by atoms with Crippen molar-refractivity contribution in [3.8, 4) is 0 Å². The van der Waals surface area contributed by atoms with Crippen LogP contribution >= 0.6 is 11.3 Å². The van der Waals surface area contributed by atoms with Gasteiger partial charge in [0.15, 0.2) is 0 Å². The molecule has 0 bridgehead atoms. The summed E-state index contributed by atoms with van der Waals surface area (Å²) >= 11 is 1.34. The van der Waals surface area contributed by atoms with Crippen LogP contribution in [0.1, 0.15) is 19.3 Å². The molecule has 0 radical (unpaired) electrons. The zero-order valence-electron chi connectivity index (χ0n) is 14.4. The first kappa shape index (κ1) is 17.4. The Morgan fingerprint density at radius 2 is 2.08 bits per heavy atom. The number of hydrogen-bond donors (Lipinski definition) is 1. The van der Waals surface area contributed by atoms with E-state index in [1.54, 1.807) is 10.4 Å². The molecule has 2 saturated heterocycles. The lowest BCUT2D eigenvalue weighted by Crippen LogP contribution is -2.62. The Labute approximate surface area is 152 Å². The minimum absolute atomic E-state index is 0.0872. The quantitative estimate of drug-likeness (QED) is 0.888. The minimum Gasteiger partial charge on any atom is -0.396 e. The topological polar surface area (TPSA) is 60.9 Å². The maximum Gasteiger partial charge on any atom is 0.252 e. The molecule has 25 heavy (non-hydrogen) atoms. The van der Waals surface area contributed by atoms with Crippen LogP contribution in [0.4, 0.5) is 0 Å². The number of aliphatic hydroxyl groups is 1. The van der Waals surface area contributed by atoms with Crippen molar-refractivity contribution in [2.24, 2.45) is 5.41 Å². The van der Waals surface area contributed by atoms with E-state index in [1.807, 2.05) is 31.3 Å². The molecule has 7 heteroatoms. The number of sulfonamides is 1. The fourth-order valence-corrected chi connectivity index (χ4v) is 7.42. The van der Waals surface area contributed by atoms with Gasteiger partial charge in [-0.1, -0.05) is 18.2 Å². The normalized spacial score (nSPS) is 29.0. The summed E-state index contributed by atoms with van der Waals surface area (Å²) in [5, 5.41) is 11.0. The van der Waals surface area contributed by atoms with Gasteiger partial charge in [0.25, 0.3) is 10.0 Å². The standard InChI is InChI=1S/C18H24N2O3S2/c1-19-9-4-7-18(13-21)8-10-20(12-16(18)19)25(22,23)17-11-14-5-2-3-6-15(14)24-17/h2-3,5-6,11,16,21H,4,7-10,12-13H2,1H3/t16-,18-/m1/s1. The maximum atomic E-state index is 13.2. The van der Waals surface area contributed by atoms with Crippen molar-refractivity contribution in [2.75, 3.05) is 33.3 Å². The molecule has 2 aliphatic heterocycles. The molecule has 4 rings (SSSR count). The largest absolute Gasteiger partial charge is 0.396 e. The first-order valence-electron chi connectivity index (χ1n) is 8.76. The van der Waals surface area contributed by atoms with E-state index in [-0.39, 0.29) is 18.1 Å². The zero-order chi connectivity index (χ0) is 17.7. The smallest absolute Gasteiger partial charge is 0.252 e. The van der Waals surface area contributed by atoms with Crippen LogP contribution in [0.25, 0.3) is 10.1 Å². The number of fused-ring (bicyclic) bond motifs is 2. The van der Waals surface area contributed by atoms with Gasteiger partial charge in [-0.2, -0.15) is 4.31 Å². The Morgan fingerprint density at radius 3 is 2.84 bits per heavy atom. The predicted molar refractivity (Wildman–Crippen MR) is 100 cm³/mol. The Hall–Kier alpha value is -0.990. The van der Waals surface area contributed by atoms with Crippen LogP contribution < -0.4 is 0 Å². The molecule has 0 spiro atoms. The number of likely N-dealkylation sites (N-methyl/N-ethyl adjacent to an activating group) is 1. The highest BCUT2D eigenvalue weighted by Gasteiger charge is 2.48. The van der Waals surface area contributed by atoms with Gasteiger partial charge >= 0.3 is 0 Å². The summed E-state index contributed by atoms with van der Waals surface area (Å²) in [5.74, 6) is 0. The number of thiophene rings is 1. The lowest BCUT2D eigenvalue weighted by Gasteiger charge is -2.53. The molecule has 0 saturated carbocycles. The first-order chi connectivity index (χ1) is 12.0. The summed E-state index contributed by atoms with van der Waals surface area (Å²) in [5.41, 5.74) is -0.154. The third-order valence-electron chi connectivity index (χ3n) is 5.97. The van der Waals surface area contributed by atoms with E-state index < -0.39 is 10.0 Å². The van der Waals surface area contributed by atoms with Crippen molar-refractivity contribution >= 4 is 31.4 Å². The maximum absolute atomic E-state index is 13.2. The Balaban J connectivity index is 1.65. The molecule has 3 heterocycles. The molecular formula is C18H24N2O3S2. The van der Waals surface area contributed by atoms with Gasteiger partial charge in [-0.15, -0.1) is 11.3 Å². The van der Waals surface area contributed by atoms with Crippen LogP contribution in [0.5, 0.6) is 0 Å². The van der Waals surface area contributed by atoms with Crippen molar-refractivity contribution in [2.45, 2.75) is 29.5 Å². The number of benzene rings is 1. The van der Waals surface area contributed by atoms with Crippen LogP contribution in [0.15, 0.2) is 34.5 Å². The van der Waals surface area contributed by atoms with Gasteiger partial charge in [0.1, 0.15) is 4.21 Å². The van der Waals surface area contributed by atoms with Gasteiger partial charge < -0.3 is 10.0 Å². The number of aliphatic hydroxyl groups excluding tert-OH is 1. The fourth-order valence-electron chi connectivity index (χ4n) is 4.42. The average molecular weight is 381 g/mol. The summed E-state index contributed by atoms with van der Waals surface area (Å²) in [6, 6.07) is 9.65. The molecule has 0 aliphatic carbocycles. The monoisotopic (exact) mass is 380 g/mol. The first-order valence-corrected chi connectivity index (χ1v) is 11.0. The van der Waals surface area contributed by atoms with Crippen LogP contribution in [-0.4, -0.2) is 62.1 Å². The fraction of sp³-hybridized carbons (Fsp3) is 0.556. The summed E-state index contributed by atoms with van der Waals surface area (Å²) in [6.07, 6.45) is 2.77. The number of hydrogen-bond acceptors (Lipinski definition) is 5. The molecule has 0 unspecified atom stereocenters. The van der Waals surface area contributed by atoms with Gasteiger partial charge in [0, 0.05) is 29.2 Å². The summed E-state index contributed by atoms with van der Waals surface area (Å²) < 4.78 is 29.4. The third-order valence-corrected chi connectivity index (χ3v) is 9.40. The van der Waals surface area contributed by atoms with Crippen LogP contribution in [0.3, 0.4) is 0 Å². The number of nitrogens with zero attached hydrogens (tertiary/aromatic N) is 2. The molecule has 136 valence electrons. The van der Waals surface area contributed by atoms with Crippen molar-refractivity contribution in [1.82, 2.24) is 9.21 Å². The minimum atomic E-state index is -3.49. The van der Waals surface area contributed by atoms with Gasteiger partial charge in [-0.25, -0.2) is 8.42 Å². The molecular weight excluding hydrogens is 356 g/mol. The Morgan fingerprint density at radius 1 is 1.28 bits per heavy atom. The molecule has 1 N–H and O–H groups in total. The van der Waals surface area contributed by atoms with Crippen molar-refractivity contribution < 1.29 is 13.5 Å². The van der Waals surface area contributed by atoms with E-state index in [0.717, 1.165) is 35.9 Å². The van der Waals surface area contributed by atoms with E-state index in [0.29, 0.717) is 17.3 Å². The molecule has 0 amide bonds. The van der Waals surface area contributed by atoms with Gasteiger partial charge in [-0.3, -0.25) is 0 Å². The number of likely N-dealkylation sites (tertiary alicyclic amines) is 1. The molecule has 2 fully saturated rings. The highest BCUT2D eigenvalue weighted by Crippen LogP contribution is 2.43. The highest BCUT2D eigenvalue weighted by atomic mass is 32.2. The van der Waals surface area contributed by atoms with Crippen LogP contribution in [0.2, 0.25) is 0 Å². The Kier molecular flexibility index (Phi) is 4.40. The predicted octanol–water partition coefficient (Wildman–Crippen LogP) is 2.37. The number of rotatable bonds is 3. The lowest BCUT2D eigenvalue weighted by atomic mass is 9.69. The molecule has 2 aromatic rings.